The summed E-state index contributed by atoms with van der Waals surface area (Å²) in [5.41, 5.74) is 0.764. The van der Waals surface area contributed by atoms with Crippen molar-refractivity contribution in [2.24, 2.45) is 0 Å². The monoisotopic (exact) mass is 332 g/mol. The second kappa shape index (κ2) is 6.55. The van der Waals surface area contributed by atoms with E-state index in [2.05, 4.69) is 31.1 Å². The molecule has 3 atom stereocenters. The highest BCUT2D eigenvalue weighted by Gasteiger charge is 2.34. The van der Waals surface area contributed by atoms with Crippen LogP contribution in [0.4, 0.5) is 5.82 Å². The molecule has 0 saturated carbocycles. The van der Waals surface area contributed by atoms with Crippen LogP contribution >= 0.6 is 0 Å². The first-order valence-electron chi connectivity index (χ1n) is 8.11. The summed E-state index contributed by atoms with van der Waals surface area (Å²) < 4.78 is 11.0. The number of ether oxygens (including phenoxy) is 2. The lowest BCUT2D eigenvalue weighted by Crippen LogP contribution is -2.33. The van der Waals surface area contributed by atoms with Crippen molar-refractivity contribution in [3.05, 3.63) is 30.3 Å². The summed E-state index contributed by atoms with van der Waals surface area (Å²) in [6.45, 7) is 6.57. The average Bonchev–Trinajstić information content (AvgIpc) is 2.82. The summed E-state index contributed by atoms with van der Waals surface area (Å²) in [5, 5.41) is 23.6. The Hall–Kier alpha value is -1.89. The number of rotatable bonds is 4. The van der Waals surface area contributed by atoms with Crippen molar-refractivity contribution in [2.75, 3.05) is 18.5 Å². The maximum atomic E-state index is 9.78. The van der Waals surface area contributed by atoms with Crippen LogP contribution < -0.4 is 10.1 Å². The van der Waals surface area contributed by atoms with Crippen LogP contribution in [0.25, 0.3) is 10.9 Å². The van der Waals surface area contributed by atoms with Crippen LogP contribution in [0.2, 0.25) is 0 Å². The zero-order valence-electron chi connectivity index (χ0n) is 14.2. The molecule has 1 aromatic carbocycles. The quantitative estimate of drug-likeness (QED) is 0.794. The Morgan fingerprint density at radius 2 is 2.00 bits per heavy atom. The number of nitrogens with zero attached hydrogens (tertiary/aromatic N) is 1. The van der Waals surface area contributed by atoms with Crippen molar-refractivity contribution in [3.63, 3.8) is 0 Å². The van der Waals surface area contributed by atoms with E-state index in [1.54, 1.807) is 0 Å². The molecule has 6 heteroatoms. The first kappa shape index (κ1) is 17.0. The van der Waals surface area contributed by atoms with Gasteiger partial charge >= 0.3 is 0 Å². The lowest BCUT2D eigenvalue weighted by molar-refractivity contribution is -0.0000674. The third kappa shape index (κ3) is 3.95. The summed E-state index contributed by atoms with van der Waals surface area (Å²) in [7, 11) is 0. The van der Waals surface area contributed by atoms with Gasteiger partial charge in [-0.15, -0.1) is 0 Å². The van der Waals surface area contributed by atoms with Crippen molar-refractivity contribution in [1.29, 1.82) is 0 Å². The molecular weight excluding hydrogens is 308 g/mol. The topological polar surface area (TPSA) is 83.8 Å². The maximum absolute atomic E-state index is 9.78. The molecule has 0 radical (unpaired) electrons. The van der Waals surface area contributed by atoms with E-state index >= 15 is 0 Å². The van der Waals surface area contributed by atoms with E-state index < -0.39 is 18.3 Å². The fourth-order valence-electron chi connectivity index (χ4n) is 2.63. The van der Waals surface area contributed by atoms with Crippen molar-refractivity contribution in [1.82, 2.24) is 4.98 Å². The normalized spacial score (nSPS) is 24.3. The third-order valence-electron chi connectivity index (χ3n) is 3.84. The molecule has 24 heavy (non-hydrogen) atoms. The lowest BCUT2D eigenvalue weighted by atomic mass is 10.1. The standard InChI is InChI=1S/C18H24N2O4/c1-18(2,3)20-16-7-5-11-4-6-12(8-13(11)19-16)23-10-15-17(22)14(21)9-24-15/h4-8,14-15,17,21-22H,9-10H2,1-3H3,(H,19,20). The summed E-state index contributed by atoms with van der Waals surface area (Å²) in [4.78, 5) is 4.62. The van der Waals surface area contributed by atoms with Gasteiger partial charge in [0.15, 0.2) is 0 Å². The van der Waals surface area contributed by atoms with Gasteiger partial charge in [-0.05, 0) is 45.0 Å². The first-order valence-corrected chi connectivity index (χ1v) is 8.11. The third-order valence-corrected chi connectivity index (χ3v) is 3.84. The zero-order chi connectivity index (χ0) is 17.3. The minimum atomic E-state index is -0.911. The van der Waals surface area contributed by atoms with Gasteiger partial charge in [-0.3, -0.25) is 0 Å². The fourth-order valence-corrected chi connectivity index (χ4v) is 2.63. The number of hydrogen-bond acceptors (Lipinski definition) is 6. The van der Waals surface area contributed by atoms with Gasteiger partial charge in [0.1, 0.15) is 36.5 Å². The number of pyridine rings is 1. The molecule has 0 aliphatic carbocycles. The predicted octanol–water partition coefficient (Wildman–Crippen LogP) is 1.94. The molecule has 3 rings (SSSR count). The fraction of sp³-hybridized carbons (Fsp3) is 0.500. The van der Waals surface area contributed by atoms with Gasteiger partial charge in [0.05, 0.1) is 12.1 Å². The van der Waals surface area contributed by atoms with Crippen LogP contribution in [0.3, 0.4) is 0 Å². The Kier molecular flexibility index (Phi) is 4.62. The van der Waals surface area contributed by atoms with E-state index in [-0.39, 0.29) is 18.8 Å². The van der Waals surface area contributed by atoms with Gasteiger partial charge in [0.25, 0.3) is 0 Å². The number of benzene rings is 1. The lowest BCUT2D eigenvalue weighted by Gasteiger charge is -2.21. The summed E-state index contributed by atoms with van der Waals surface area (Å²) in [6.07, 6.45) is -2.27. The van der Waals surface area contributed by atoms with Gasteiger partial charge in [0.2, 0.25) is 0 Å². The highest BCUT2D eigenvalue weighted by molar-refractivity contribution is 5.81. The molecule has 2 heterocycles. The Bertz CT molecular complexity index is 714. The molecular formula is C18H24N2O4. The molecule has 3 N–H and O–H groups in total. The molecule has 0 amide bonds. The van der Waals surface area contributed by atoms with Crippen molar-refractivity contribution >= 4 is 16.7 Å². The van der Waals surface area contributed by atoms with Crippen LogP contribution in [0.1, 0.15) is 20.8 Å². The molecule has 1 aliphatic rings. The van der Waals surface area contributed by atoms with Gasteiger partial charge in [-0.1, -0.05) is 0 Å². The summed E-state index contributed by atoms with van der Waals surface area (Å²) >= 11 is 0. The molecule has 6 nitrogen and oxygen atoms in total. The van der Waals surface area contributed by atoms with Crippen LogP contribution in [0, 0.1) is 0 Å². The molecule has 130 valence electrons. The first-order chi connectivity index (χ1) is 11.3. The van der Waals surface area contributed by atoms with Crippen molar-refractivity contribution in [3.8, 4) is 5.75 Å². The average molecular weight is 332 g/mol. The number of aliphatic hydroxyl groups excluding tert-OH is 2. The van der Waals surface area contributed by atoms with Gasteiger partial charge in [-0.25, -0.2) is 4.98 Å². The smallest absolute Gasteiger partial charge is 0.127 e. The number of hydrogen-bond donors (Lipinski definition) is 3. The minimum Gasteiger partial charge on any atom is -0.491 e. The molecule has 1 fully saturated rings. The van der Waals surface area contributed by atoms with Crippen LogP contribution in [0.15, 0.2) is 30.3 Å². The highest BCUT2D eigenvalue weighted by Crippen LogP contribution is 2.23. The van der Waals surface area contributed by atoms with Gasteiger partial charge in [-0.2, -0.15) is 0 Å². The second-order valence-corrected chi connectivity index (χ2v) is 7.17. The predicted molar refractivity (Wildman–Crippen MR) is 92.4 cm³/mol. The Balaban J connectivity index is 1.72. The summed E-state index contributed by atoms with van der Waals surface area (Å²) in [6, 6.07) is 9.64. The Morgan fingerprint density at radius 3 is 2.67 bits per heavy atom. The largest absolute Gasteiger partial charge is 0.491 e. The van der Waals surface area contributed by atoms with Gasteiger partial charge < -0.3 is 25.0 Å². The van der Waals surface area contributed by atoms with Crippen molar-refractivity contribution in [2.45, 2.75) is 44.6 Å². The molecule has 0 bridgehead atoms. The molecule has 1 saturated heterocycles. The van der Waals surface area contributed by atoms with Gasteiger partial charge in [0, 0.05) is 17.0 Å². The van der Waals surface area contributed by atoms with Crippen LogP contribution in [-0.2, 0) is 4.74 Å². The Morgan fingerprint density at radius 1 is 1.25 bits per heavy atom. The van der Waals surface area contributed by atoms with Crippen LogP contribution in [-0.4, -0.2) is 52.3 Å². The number of fused-ring (bicyclic) bond motifs is 1. The summed E-state index contributed by atoms with van der Waals surface area (Å²) in [5.74, 6) is 1.46. The maximum Gasteiger partial charge on any atom is 0.127 e. The van der Waals surface area contributed by atoms with E-state index in [0.717, 1.165) is 16.7 Å². The SMILES string of the molecule is CC(C)(C)Nc1ccc2ccc(OCC3OCC(O)C3O)cc2n1. The number of aliphatic hydroxyl groups is 2. The molecule has 3 unspecified atom stereocenters. The molecule has 1 aromatic heterocycles. The molecule has 1 aliphatic heterocycles. The molecule has 0 spiro atoms. The number of anilines is 1. The van der Waals surface area contributed by atoms with E-state index in [4.69, 9.17) is 9.47 Å². The minimum absolute atomic E-state index is 0.0639. The van der Waals surface area contributed by atoms with E-state index in [0.29, 0.717) is 5.75 Å². The molecule has 2 aromatic rings. The van der Waals surface area contributed by atoms with Crippen molar-refractivity contribution < 1.29 is 19.7 Å². The highest BCUT2D eigenvalue weighted by atomic mass is 16.6. The number of nitrogens with one attached hydrogen (secondary N) is 1. The van der Waals surface area contributed by atoms with E-state index in [9.17, 15) is 10.2 Å². The second-order valence-electron chi connectivity index (χ2n) is 7.17. The van der Waals surface area contributed by atoms with E-state index in [1.165, 1.54) is 0 Å². The zero-order valence-corrected chi connectivity index (χ0v) is 14.2. The van der Waals surface area contributed by atoms with Crippen LogP contribution in [0.5, 0.6) is 5.75 Å². The Labute approximate surface area is 141 Å². The number of aromatic nitrogens is 1. The van der Waals surface area contributed by atoms with E-state index in [1.807, 2.05) is 30.3 Å².